The maximum Gasteiger partial charge on any atom is 0.272 e. The van der Waals surface area contributed by atoms with Gasteiger partial charge in [0.1, 0.15) is 11.5 Å². The third-order valence-corrected chi connectivity index (χ3v) is 4.14. The number of carbonyl (C=O) groups excluding carboxylic acids is 1. The standard InChI is InChI=1S/C17H18N8O2/c1-12-11-14(23-27-12)22-16-18-6-3-13(21-16)15(26)24-7-9-25(10-8-24)17-19-4-2-5-20-17/h2-6,11H,7-10H2,1H3,(H,18,21,22,23). The minimum absolute atomic E-state index is 0.134. The van der Waals surface area contributed by atoms with Crippen molar-refractivity contribution in [3.8, 4) is 0 Å². The zero-order chi connectivity index (χ0) is 18.6. The molecular weight excluding hydrogens is 348 g/mol. The van der Waals surface area contributed by atoms with Crippen LogP contribution < -0.4 is 10.2 Å². The lowest BCUT2D eigenvalue weighted by Crippen LogP contribution is -2.49. The van der Waals surface area contributed by atoms with Crippen molar-refractivity contribution in [3.63, 3.8) is 0 Å². The van der Waals surface area contributed by atoms with Gasteiger partial charge in [-0.3, -0.25) is 4.79 Å². The van der Waals surface area contributed by atoms with E-state index in [1.54, 1.807) is 48.6 Å². The summed E-state index contributed by atoms with van der Waals surface area (Å²) in [6.45, 7) is 4.28. The van der Waals surface area contributed by atoms with E-state index in [1.807, 2.05) is 0 Å². The Kier molecular flexibility index (Phi) is 4.60. The van der Waals surface area contributed by atoms with Gasteiger partial charge in [0.15, 0.2) is 5.82 Å². The fourth-order valence-corrected chi connectivity index (χ4v) is 2.80. The van der Waals surface area contributed by atoms with Crippen LogP contribution in [-0.2, 0) is 0 Å². The normalized spacial score (nSPS) is 14.3. The third kappa shape index (κ3) is 3.84. The molecular formula is C17H18N8O2. The van der Waals surface area contributed by atoms with Gasteiger partial charge in [0, 0.05) is 50.8 Å². The van der Waals surface area contributed by atoms with Crippen molar-refractivity contribution < 1.29 is 9.32 Å². The summed E-state index contributed by atoms with van der Waals surface area (Å²) in [4.78, 5) is 33.5. The molecule has 3 aromatic heterocycles. The van der Waals surface area contributed by atoms with Crippen LogP contribution in [0.1, 0.15) is 16.2 Å². The average Bonchev–Trinajstić information content (AvgIpc) is 3.13. The predicted octanol–water partition coefficient (Wildman–Crippen LogP) is 1.27. The molecule has 1 aliphatic rings. The molecule has 138 valence electrons. The van der Waals surface area contributed by atoms with Crippen molar-refractivity contribution in [2.45, 2.75) is 6.92 Å². The molecule has 0 aliphatic carbocycles. The van der Waals surface area contributed by atoms with Crippen LogP contribution in [0.15, 0.2) is 41.3 Å². The molecule has 10 nitrogen and oxygen atoms in total. The van der Waals surface area contributed by atoms with Crippen LogP contribution in [0.3, 0.4) is 0 Å². The number of rotatable bonds is 4. The van der Waals surface area contributed by atoms with Gasteiger partial charge in [0.2, 0.25) is 11.9 Å². The second-order valence-corrected chi connectivity index (χ2v) is 6.04. The van der Waals surface area contributed by atoms with Crippen molar-refractivity contribution >= 4 is 23.6 Å². The SMILES string of the molecule is Cc1cc(Nc2nccc(C(=O)N3CCN(c4ncccn4)CC3)n2)no1. The number of aromatic nitrogens is 5. The fraction of sp³-hybridized carbons (Fsp3) is 0.294. The minimum Gasteiger partial charge on any atom is -0.360 e. The van der Waals surface area contributed by atoms with Crippen LogP contribution in [0.4, 0.5) is 17.7 Å². The van der Waals surface area contributed by atoms with Crippen molar-refractivity contribution in [2.24, 2.45) is 0 Å². The van der Waals surface area contributed by atoms with Gasteiger partial charge >= 0.3 is 0 Å². The van der Waals surface area contributed by atoms with Crippen LogP contribution in [0.25, 0.3) is 0 Å². The summed E-state index contributed by atoms with van der Waals surface area (Å²) >= 11 is 0. The fourth-order valence-electron chi connectivity index (χ4n) is 2.80. The van der Waals surface area contributed by atoms with Crippen LogP contribution in [-0.4, -0.2) is 62.1 Å². The average molecular weight is 366 g/mol. The summed E-state index contributed by atoms with van der Waals surface area (Å²) in [7, 11) is 0. The van der Waals surface area contributed by atoms with Crippen LogP contribution >= 0.6 is 0 Å². The first kappa shape index (κ1) is 16.9. The van der Waals surface area contributed by atoms with E-state index in [0.29, 0.717) is 55.3 Å². The van der Waals surface area contributed by atoms with Crippen LogP contribution in [0.5, 0.6) is 0 Å². The molecule has 1 fully saturated rings. The largest absolute Gasteiger partial charge is 0.360 e. The highest BCUT2D eigenvalue weighted by Gasteiger charge is 2.24. The number of hydrogen-bond donors (Lipinski definition) is 1. The van der Waals surface area contributed by atoms with E-state index in [2.05, 4.69) is 35.3 Å². The summed E-state index contributed by atoms with van der Waals surface area (Å²) < 4.78 is 5.00. The number of anilines is 3. The lowest BCUT2D eigenvalue weighted by molar-refractivity contribution is 0.0740. The van der Waals surface area contributed by atoms with Crippen molar-refractivity contribution in [3.05, 3.63) is 48.2 Å². The molecule has 0 radical (unpaired) electrons. The van der Waals surface area contributed by atoms with Crippen LogP contribution in [0.2, 0.25) is 0 Å². The second kappa shape index (κ2) is 7.36. The molecule has 4 rings (SSSR count). The molecule has 3 aromatic rings. The number of piperazine rings is 1. The zero-order valence-electron chi connectivity index (χ0n) is 14.7. The number of aryl methyl sites for hydroxylation is 1. The van der Waals surface area contributed by atoms with Gasteiger partial charge in [-0.1, -0.05) is 5.16 Å². The lowest BCUT2D eigenvalue weighted by Gasteiger charge is -2.34. The molecule has 0 spiro atoms. The Bertz CT molecular complexity index is 921. The van der Waals surface area contributed by atoms with Gasteiger partial charge in [-0.15, -0.1) is 0 Å². The van der Waals surface area contributed by atoms with Gasteiger partial charge < -0.3 is 19.6 Å². The summed E-state index contributed by atoms with van der Waals surface area (Å²) in [6.07, 6.45) is 4.97. The summed E-state index contributed by atoms with van der Waals surface area (Å²) in [5, 5.41) is 6.76. The molecule has 1 amide bonds. The minimum atomic E-state index is -0.134. The highest BCUT2D eigenvalue weighted by molar-refractivity contribution is 5.92. The molecule has 0 bridgehead atoms. The van der Waals surface area contributed by atoms with E-state index >= 15 is 0 Å². The Morgan fingerprint density at radius 1 is 1.11 bits per heavy atom. The highest BCUT2D eigenvalue weighted by atomic mass is 16.5. The summed E-state index contributed by atoms with van der Waals surface area (Å²) in [5.41, 5.74) is 0.331. The summed E-state index contributed by atoms with van der Waals surface area (Å²) in [5.74, 6) is 2.01. The Balaban J connectivity index is 1.40. The third-order valence-electron chi connectivity index (χ3n) is 4.14. The smallest absolute Gasteiger partial charge is 0.272 e. The molecule has 1 saturated heterocycles. The molecule has 0 aromatic carbocycles. The zero-order valence-corrected chi connectivity index (χ0v) is 14.7. The molecule has 0 saturated carbocycles. The molecule has 10 heteroatoms. The predicted molar refractivity (Wildman–Crippen MR) is 96.7 cm³/mol. The van der Waals surface area contributed by atoms with Gasteiger partial charge in [-0.05, 0) is 19.1 Å². The first-order valence-corrected chi connectivity index (χ1v) is 8.54. The van der Waals surface area contributed by atoms with Crippen molar-refractivity contribution in [1.82, 2.24) is 30.0 Å². The topological polar surface area (TPSA) is 113 Å². The molecule has 27 heavy (non-hydrogen) atoms. The molecule has 1 N–H and O–H groups in total. The van der Waals surface area contributed by atoms with Crippen molar-refractivity contribution in [2.75, 3.05) is 36.4 Å². The highest BCUT2D eigenvalue weighted by Crippen LogP contribution is 2.15. The van der Waals surface area contributed by atoms with E-state index in [1.165, 1.54) is 0 Å². The van der Waals surface area contributed by atoms with E-state index in [4.69, 9.17) is 4.52 Å². The van der Waals surface area contributed by atoms with Gasteiger partial charge in [0.05, 0.1) is 0 Å². The maximum absolute atomic E-state index is 12.8. The van der Waals surface area contributed by atoms with Gasteiger partial charge in [0.25, 0.3) is 5.91 Å². The van der Waals surface area contributed by atoms with Gasteiger partial charge in [-0.2, -0.15) is 0 Å². The number of carbonyl (C=O) groups is 1. The molecule has 4 heterocycles. The number of nitrogens with one attached hydrogen (secondary N) is 1. The maximum atomic E-state index is 12.8. The number of hydrogen-bond acceptors (Lipinski definition) is 9. The summed E-state index contributed by atoms with van der Waals surface area (Å²) in [6, 6.07) is 5.11. The van der Waals surface area contributed by atoms with E-state index < -0.39 is 0 Å². The van der Waals surface area contributed by atoms with E-state index in [0.717, 1.165) is 0 Å². The quantitative estimate of drug-likeness (QED) is 0.729. The molecule has 1 aliphatic heterocycles. The second-order valence-electron chi connectivity index (χ2n) is 6.04. The van der Waals surface area contributed by atoms with Crippen LogP contribution in [0, 0.1) is 6.92 Å². The Morgan fingerprint density at radius 2 is 1.89 bits per heavy atom. The van der Waals surface area contributed by atoms with Gasteiger partial charge in [-0.25, -0.2) is 19.9 Å². The Labute approximate surface area is 155 Å². The number of amides is 1. The lowest BCUT2D eigenvalue weighted by atomic mass is 10.2. The molecule has 0 unspecified atom stereocenters. The molecule has 0 atom stereocenters. The Morgan fingerprint density at radius 3 is 2.59 bits per heavy atom. The first-order chi connectivity index (χ1) is 13.2. The monoisotopic (exact) mass is 366 g/mol. The number of nitrogens with zero attached hydrogens (tertiary/aromatic N) is 7. The van der Waals surface area contributed by atoms with E-state index in [-0.39, 0.29) is 5.91 Å². The van der Waals surface area contributed by atoms with E-state index in [9.17, 15) is 4.79 Å². The Hall–Kier alpha value is -3.56. The van der Waals surface area contributed by atoms with Crippen molar-refractivity contribution in [1.29, 1.82) is 0 Å². The first-order valence-electron chi connectivity index (χ1n) is 8.54.